The van der Waals surface area contributed by atoms with E-state index in [1.807, 2.05) is 48.5 Å². The Morgan fingerprint density at radius 1 is 0.926 bits per heavy atom. The lowest BCUT2D eigenvalue weighted by Crippen LogP contribution is -2.00. The highest BCUT2D eigenvalue weighted by molar-refractivity contribution is 5.78. The van der Waals surface area contributed by atoms with Gasteiger partial charge in [0.25, 0.3) is 0 Å². The summed E-state index contributed by atoms with van der Waals surface area (Å²) in [5, 5.41) is 9.54. The molecule has 0 saturated carbocycles. The van der Waals surface area contributed by atoms with Crippen LogP contribution in [0.4, 0.5) is 0 Å². The molecule has 1 aromatic heterocycles. The Hall–Kier alpha value is -3.84. The molecule has 4 rings (SSSR count). The number of hydrogen-bond donors (Lipinski definition) is 0. The summed E-state index contributed by atoms with van der Waals surface area (Å²) in [6.07, 6.45) is 0. The predicted octanol–water partition coefficient (Wildman–Crippen LogP) is 4.91. The van der Waals surface area contributed by atoms with Crippen molar-refractivity contribution < 1.29 is 9.15 Å². The molecule has 0 fully saturated rings. The zero-order valence-electron chi connectivity index (χ0n) is 14.4. The van der Waals surface area contributed by atoms with Crippen molar-refractivity contribution in [2.45, 2.75) is 6.61 Å². The molecule has 0 unspecified atom stereocenters. The van der Waals surface area contributed by atoms with Crippen molar-refractivity contribution in [1.82, 2.24) is 0 Å². The molecule has 4 heteroatoms. The molecule has 4 nitrogen and oxygen atoms in total. The molecule has 1 heterocycles. The minimum atomic E-state index is -0.0773. The van der Waals surface area contributed by atoms with Gasteiger partial charge in [-0.2, -0.15) is 5.26 Å². The molecule has 0 radical (unpaired) electrons. The molecule has 0 aliphatic carbocycles. The summed E-state index contributed by atoms with van der Waals surface area (Å²) in [4.78, 5) is 12.3. The van der Waals surface area contributed by atoms with E-state index >= 15 is 0 Å². The smallest absolute Gasteiger partial charge is 0.193 e. The van der Waals surface area contributed by atoms with Gasteiger partial charge in [-0.25, -0.2) is 0 Å². The number of ether oxygens (including phenoxy) is 1. The number of hydrogen-bond acceptors (Lipinski definition) is 4. The van der Waals surface area contributed by atoms with Crippen molar-refractivity contribution >= 4 is 11.0 Å². The largest absolute Gasteiger partial charge is 0.489 e. The standard InChI is InChI=1S/C23H15NO3/c24-14-16-5-3-6-17(11-16)15-26-19-8-4-7-18(12-19)23-13-21(25)20-9-1-2-10-22(20)27-23/h1-13H,15H2. The van der Waals surface area contributed by atoms with Crippen molar-refractivity contribution in [3.63, 3.8) is 0 Å². The van der Waals surface area contributed by atoms with E-state index in [-0.39, 0.29) is 5.43 Å². The monoisotopic (exact) mass is 353 g/mol. The maximum Gasteiger partial charge on any atom is 0.193 e. The first-order valence-corrected chi connectivity index (χ1v) is 8.48. The third-order valence-corrected chi connectivity index (χ3v) is 4.21. The Kier molecular flexibility index (Phi) is 4.42. The summed E-state index contributed by atoms with van der Waals surface area (Å²) in [6, 6.07) is 25.5. The zero-order chi connectivity index (χ0) is 18.6. The molecule has 0 atom stereocenters. The van der Waals surface area contributed by atoms with Crippen LogP contribution >= 0.6 is 0 Å². The maximum absolute atomic E-state index is 12.3. The highest BCUT2D eigenvalue weighted by atomic mass is 16.5. The molecular weight excluding hydrogens is 338 g/mol. The van der Waals surface area contributed by atoms with Crippen molar-refractivity contribution in [3.8, 4) is 23.1 Å². The fourth-order valence-electron chi connectivity index (χ4n) is 2.88. The lowest BCUT2D eigenvalue weighted by molar-refractivity contribution is 0.306. The van der Waals surface area contributed by atoms with Crippen LogP contribution in [0, 0.1) is 11.3 Å². The molecule has 0 saturated heterocycles. The van der Waals surface area contributed by atoms with E-state index in [0.717, 1.165) is 11.1 Å². The van der Waals surface area contributed by atoms with Crippen LogP contribution in [-0.2, 0) is 6.61 Å². The third-order valence-electron chi connectivity index (χ3n) is 4.21. The van der Waals surface area contributed by atoms with E-state index in [2.05, 4.69) is 6.07 Å². The van der Waals surface area contributed by atoms with E-state index in [1.165, 1.54) is 6.07 Å². The van der Waals surface area contributed by atoms with Gasteiger partial charge in [-0.3, -0.25) is 4.79 Å². The molecule has 0 spiro atoms. The van der Waals surface area contributed by atoms with Crippen LogP contribution < -0.4 is 10.2 Å². The fraction of sp³-hybridized carbons (Fsp3) is 0.0435. The molecule has 0 aliphatic rings. The minimum absolute atomic E-state index is 0.0773. The average molecular weight is 353 g/mol. The van der Waals surface area contributed by atoms with E-state index < -0.39 is 0 Å². The first kappa shape index (κ1) is 16.6. The van der Waals surface area contributed by atoms with Crippen LogP contribution in [0.15, 0.2) is 88.1 Å². The minimum Gasteiger partial charge on any atom is -0.489 e. The van der Waals surface area contributed by atoms with Gasteiger partial charge in [0.2, 0.25) is 0 Å². The van der Waals surface area contributed by atoms with E-state index in [1.54, 1.807) is 24.3 Å². The summed E-state index contributed by atoms with van der Waals surface area (Å²) in [7, 11) is 0. The second-order valence-electron chi connectivity index (χ2n) is 6.10. The van der Waals surface area contributed by atoms with Crippen LogP contribution in [-0.4, -0.2) is 0 Å². The number of fused-ring (bicyclic) bond motifs is 1. The highest BCUT2D eigenvalue weighted by Gasteiger charge is 2.08. The number of benzene rings is 3. The molecule has 4 aromatic rings. The number of nitriles is 1. The maximum atomic E-state index is 12.3. The Morgan fingerprint density at radius 2 is 1.78 bits per heavy atom. The Balaban J connectivity index is 1.61. The summed E-state index contributed by atoms with van der Waals surface area (Å²) >= 11 is 0. The molecule has 0 N–H and O–H groups in total. The average Bonchev–Trinajstić information content (AvgIpc) is 2.72. The van der Waals surface area contributed by atoms with Crippen molar-refractivity contribution in [3.05, 3.63) is 100 Å². The van der Waals surface area contributed by atoms with Crippen LogP contribution in [0.2, 0.25) is 0 Å². The normalized spacial score (nSPS) is 10.5. The molecule has 0 aliphatic heterocycles. The molecule has 3 aromatic carbocycles. The van der Waals surface area contributed by atoms with Gasteiger partial charge in [-0.1, -0.05) is 36.4 Å². The van der Waals surface area contributed by atoms with Gasteiger partial charge in [-0.15, -0.1) is 0 Å². The van der Waals surface area contributed by atoms with Gasteiger partial charge in [-0.05, 0) is 42.0 Å². The topological polar surface area (TPSA) is 63.2 Å². The molecular formula is C23H15NO3. The van der Waals surface area contributed by atoms with Gasteiger partial charge in [0.05, 0.1) is 17.0 Å². The number of rotatable bonds is 4. The van der Waals surface area contributed by atoms with Crippen molar-refractivity contribution in [2.24, 2.45) is 0 Å². The predicted molar refractivity (Wildman–Crippen MR) is 103 cm³/mol. The second-order valence-corrected chi connectivity index (χ2v) is 6.10. The summed E-state index contributed by atoms with van der Waals surface area (Å²) in [5.74, 6) is 1.15. The highest BCUT2D eigenvalue weighted by Crippen LogP contribution is 2.26. The number of nitrogens with zero attached hydrogens (tertiary/aromatic N) is 1. The van der Waals surface area contributed by atoms with Crippen molar-refractivity contribution in [1.29, 1.82) is 5.26 Å². The lowest BCUT2D eigenvalue weighted by atomic mass is 10.1. The van der Waals surface area contributed by atoms with Gasteiger partial charge in [0.1, 0.15) is 23.7 Å². The first-order chi connectivity index (χ1) is 13.2. The summed E-state index contributed by atoms with van der Waals surface area (Å²) in [6.45, 7) is 0.348. The van der Waals surface area contributed by atoms with Crippen molar-refractivity contribution in [2.75, 3.05) is 0 Å². The molecule has 27 heavy (non-hydrogen) atoms. The van der Waals surface area contributed by atoms with E-state index in [9.17, 15) is 4.79 Å². The molecule has 0 bridgehead atoms. The number of para-hydroxylation sites is 1. The van der Waals surface area contributed by atoms with Crippen LogP contribution in [0.1, 0.15) is 11.1 Å². The SMILES string of the molecule is N#Cc1cccc(COc2cccc(-c3cc(=O)c4ccccc4o3)c2)c1. The van der Waals surface area contributed by atoms with Crippen LogP contribution in [0.25, 0.3) is 22.3 Å². The third kappa shape index (κ3) is 3.58. The van der Waals surface area contributed by atoms with Crippen LogP contribution in [0.5, 0.6) is 5.75 Å². The summed E-state index contributed by atoms with van der Waals surface area (Å²) < 4.78 is 11.7. The Morgan fingerprint density at radius 3 is 2.67 bits per heavy atom. The van der Waals surface area contributed by atoms with Gasteiger partial charge < -0.3 is 9.15 Å². The Labute approximate surface area is 155 Å². The van der Waals surface area contributed by atoms with E-state index in [0.29, 0.717) is 34.6 Å². The molecule has 0 amide bonds. The quantitative estimate of drug-likeness (QED) is 0.523. The second kappa shape index (κ2) is 7.19. The Bertz CT molecular complexity index is 1220. The molecule has 130 valence electrons. The van der Waals surface area contributed by atoms with Gasteiger partial charge >= 0.3 is 0 Å². The fourth-order valence-corrected chi connectivity index (χ4v) is 2.88. The zero-order valence-corrected chi connectivity index (χ0v) is 14.4. The lowest BCUT2D eigenvalue weighted by Gasteiger charge is -2.09. The first-order valence-electron chi connectivity index (χ1n) is 8.48. The van der Waals surface area contributed by atoms with Gasteiger partial charge in [0, 0.05) is 11.6 Å². The van der Waals surface area contributed by atoms with Crippen LogP contribution in [0.3, 0.4) is 0 Å². The van der Waals surface area contributed by atoms with E-state index in [4.69, 9.17) is 14.4 Å². The van der Waals surface area contributed by atoms with Gasteiger partial charge in [0.15, 0.2) is 5.43 Å². The summed E-state index contributed by atoms with van der Waals surface area (Å²) in [5.41, 5.74) is 2.76.